The minimum Gasteiger partial charge on any atom is -0.394 e. The van der Waals surface area contributed by atoms with Crippen LogP contribution in [0.5, 0.6) is 0 Å². The zero-order chi connectivity index (χ0) is 28.9. The number of rotatable bonds is 11. The summed E-state index contributed by atoms with van der Waals surface area (Å²) in [7, 11) is 0. The molecule has 0 aromatic heterocycles. The Morgan fingerprint density at radius 1 is 0.718 bits per heavy atom. The molecule has 3 fully saturated rings. The summed E-state index contributed by atoms with van der Waals surface area (Å²) in [6.45, 7) is 0.0176. The summed E-state index contributed by atoms with van der Waals surface area (Å²) in [6, 6.07) is -3.73. The first-order valence-electron chi connectivity index (χ1n) is 13.1. The first-order valence-corrected chi connectivity index (χ1v) is 13.1. The molecule has 3 heterocycles. The zero-order valence-electron chi connectivity index (χ0n) is 21.7. The van der Waals surface area contributed by atoms with Gasteiger partial charge in [-0.3, -0.25) is 4.99 Å². The van der Waals surface area contributed by atoms with Crippen molar-refractivity contribution in [3.8, 4) is 0 Å². The van der Waals surface area contributed by atoms with E-state index in [1.807, 2.05) is 6.92 Å². The van der Waals surface area contributed by atoms with E-state index in [0.29, 0.717) is 6.42 Å². The summed E-state index contributed by atoms with van der Waals surface area (Å²) < 4.78 is 28.4. The van der Waals surface area contributed by atoms with Crippen molar-refractivity contribution in [1.29, 1.82) is 0 Å². The van der Waals surface area contributed by atoms with Crippen molar-refractivity contribution in [3.05, 3.63) is 0 Å². The van der Waals surface area contributed by atoms with E-state index in [1.165, 1.54) is 0 Å². The Morgan fingerprint density at radius 3 is 1.90 bits per heavy atom. The fourth-order valence-electron chi connectivity index (χ4n) is 4.79. The third kappa shape index (κ3) is 7.29. The second-order valence-electron chi connectivity index (χ2n) is 9.98. The molecule has 39 heavy (non-hydrogen) atoms. The summed E-state index contributed by atoms with van der Waals surface area (Å²) in [4.78, 5) is 4.39. The molecule has 2 unspecified atom stereocenters. The van der Waals surface area contributed by atoms with Gasteiger partial charge in [0, 0.05) is 0 Å². The highest BCUT2D eigenvalue weighted by molar-refractivity contribution is 5.57. The summed E-state index contributed by atoms with van der Waals surface area (Å²) in [5.74, 6) is 0. The Labute approximate surface area is 225 Å². The van der Waals surface area contributed by atoms with Crippen molar-refractivity contribution in [3.63, 3.8) is 0 Å². The molecule has 15 atom stereocenters. The minimum absolute atomic E-state index is 0.561. The highest BCUT2D eigenvalue weighted by Gasteiger charge is 2.53. The Morgan fingerprint density at radius 2 is 1.28 bits per heavy atom. The first-order chi connectivity index (χ1) is 18.6. The van der Waals surface area contributed by atoms with Gasteiger partial charge in [0.25, 0.3) is 0 Å². The molecular formula is C23H43N3O13. The van der Waals surface area contributed by atoms with Gasteiger partial charge in [-0.05, 0) is 19.1 Å². The van der Waals surface area contributed by atoms with Gasteiger partial charge < -0.3 is 76.0 Å². The summed E-state index contributed by atoms with van der Waals surface area (Å²) in [5.41, 5.74) is 11.8. The molecule has 0 saturated carbocycles. The smallest absolute Gasteiger partial charge is 0.183 e. The number of unbranched alkanes of at least 4 members (excludes halogenated alkanes) is 2. The maximum absolute atomic E-state index is 11.4. The number of nitrogens with two attached hydrogens (primary N) is 2. The second kappa shape index (κ2) is 14.8. The lowest BCUT2D eigenvalue weighted by atomic mass is 9.94. The molecule has 12 N–H and O–H groups in total. The standard InChI is InChI=1S/C23H43N3O13/c1-2-3-4-5-26-14-18(33)20(38-22-13(25)16(31)15(30)9(6-27)36-22)11(8-29)37-23(14)39-19-10(7-28)35-21(34)12(24)17(19)32/h5,9-23,27-34H,2-4,6-8,24-25H2,1H3/t9-,10-,11-,12-,13-,14-,15-,16-,17-,18-,19?,20?,21-,22+,23+/m1/s1. The summed E-state index contributed by atoms with van der Waals surface area (Å²) in [5, 5.41) is 81.5. The van der Waals surface area contributed by atoms with Crippen LogP contribution < -0.4 is 11.5 Å². The van der Waals surface area contributed by atoms with Crippen molar-refractivity contribution >= 4 is 6.21 Å². The predicted molar refractivity (Wildman–Crippen MR) is 131 cm³/mol. The number of nitrogens with zero attached hydrogens (tertiary/aromatic N) is 1. The molecule has 228 valence electrons. The first kappa shape index (κ1) is 32.6. The van der Waals surface area contributed by atoms with Crippen LogP contribution in [0.25, 0.3) is 0 Å². The second-order valence-corrected chi connectivity index (χ2v) is 9.98. The van der Waals surface area contributed by atoms with E-state index >= 15 is 0 Å². The number of ether oxygens (including phenoxy) is 5. The van der Waals surface area contributed by atoms with Crippen molar-refractivity contribution in [2.24, 2.45) is 16.5 Å². The number of aliphatic imine (C=N–C) groups is 1. The van der Waals surface area contributed by atoms with Crippen LogP contribution in [-0.2, 0) is 23.7 Å². The van der Waals surface area contributed by atoms with E-state index in [4.69, 9.17) is 35.2 Å². The number of hydrogen-bond acceptors (Lipinski definition) is 16. The molecule has 3 saturated heterocycles. The van der Waals surface area contributed by atoms with Crippen molar-refractivity contribution in [2.45, 2.75) is 118 Å². The molecule has 0 bridgehead atoms. The molecule has 3 rings (SSSR count). The highest BCUT2D eigenvalue weighted by Crippen LogP contribution is 2.32. The molecular weight excluding hydrogens is 526 g/mol. The number of aliphatic hydroxyl groups is 8. The van der Waals surface area contributed by atoms with Gasteiger partial charge in [-0.2, -0.15) is 0 Å². The third-order valence-corrected chi connectivity index (χ3v) is 7.22. The maximum Gasteiger partial charge on any atom is 0.183 e. The van der Waals surface area contributed by atoms with Crippen LogP contribution in [0.2, 0.25) is 0 Å². The van der Waals surface area contributed by atoms with Gasteiger partial charge in [0.15, 0.2) is 18.9 Å². The van der Waals surface area contributed by atoms with Crippen molar-refractivity contribution in [1.82, 2.24) is 0 Å². The van der Waals surface area contributed by atoms with E-state index in [-0.39, 0.29) is 0 Å². The van der Waals surface area contributed by atoms with E-state index in [1.54, 1.807) is 6.21 Å². The van der Waals surface area contributed by atoms with Crippen LogP contribution in [0.1, 0.15) is 26.2 Å². The molecule has 16 nitrogen and oxygen atoms in total. The lowest BCUT2D eigenvalue weighted by molar-refractivity contribution is -0.347. The van der Waals surface area contributed by atoms with Gasteiger partial charge in [-0.15, -0.1) is 0 Å². The number of aliphatic hydroxyl groups excluding tert-OH is 8. The topological polar surface area (TPSA) is 272 Å². The highest BCUT2D eigenvalue weighted by atomic mass is 16.7. The van der Waals surface area contributed by atoms with Crippen molar-refractivity contribution < 1.29 is 64.5 Å². The van der Waals surface area contributed by atoms with E-state index < -0.39 is 112 Å². The molecule has 0 aromatic carbocycles. The average Bonchev–Trinajstić information content (AvgIpc) is 2.93. The van der Waals surface area contributed by atoms with Crippen LogP contribution in [0.3, 0.4) is 0 Å². The maximum atomic E-state index is 11.4. The van der Waals surface area contributed by atoms with Gasteiger partial charge in [0.2, 0.25) is 0 Å². The van der Waals surface area contributed by atoms with Crippen LogP contribution in [0.15, 0.2) is 4.99 Å². The van der Waals surface area contributed by atoms with E-state index in [9.17, 15) is 40.9 Å². The quantitative estimate of drug-likeness (QED) is 0.0821. The molecule has 0 aliphatic carbocycles. The lowest BCUT2D eigenvalue weighted by Crippen LogP contribution is -2.67. The molecule has 3 aliphatic rings. The van der Waals surface area contributed by atoms with Gasteiger partial charge in [-0.1, -0.05) is 13.3 Å². The third-order valence-electron chi connectivity index (χ3n) is 7.22. The fraction of sp³-hybridized carbons (Fsp3) is 0.957. The van der Waals surface area contributed by atoms with Crippen LogP contribution in [-0.4, -0.2) is 159 Å². The predicted octanol–water partition coefficient (Wildman–Crippen LogP) is -5.37. The monoisotopic (exact) mass is 569 g/mol. The zero-order valence-corrected chi connectivity index (χ0v) is 21.7. The van der Waals surface area contributed by atoms with Crippen molar-refractivity contribution in [2.75, 3.05) is 19.8 Å². The Bertz CT molecular complexity index is 765. The van der Waals surface area contributed by atoms with Crippen LogP contribution in [0, 0.1) is 0 Å². The average molecular weight is 570 g/mol. The Balaban J connectivity index is 1.85. The molecule has 0 amide bonds. The molecule has 16 heteroatoms. The number of hydrogen-bond donors (Lipinski definition) is 10. The van der Waals surface area contributed by atoms with Gasteiger partial charge in [0.05, 0.1) is 31.9 Å². The molecule has 0 aromatic rings. The molecule has 3 aliphatic heterocycles. The normalized spacial score (nSPS) is 47.5. The fourth-order valence-corrected chi connectivity index (χ4v) is 4.79. The van der Waals surface area contributed by atoms with Crippen LogP contribution >= 0.6 is 0 Å². The largest absolute Gasteiger partial charge is 0.394 e. The minimum atomic E-state index is -1.56. The van der Waals surface area contributed by atoms with Gasteiger partial charge >= 0.3 is 0 Å². The van der Waals surface area contributed by atoms with Gasteiger partial charge in [0.1, 0.15) is 61.0 Å². The van der Waals surface area contributed by atoms with E-state index in [0.717, 1.165) is 12.8 Å². The lowest BCUT2D eigenvalue weighted by Gasteiger charge is -2.48. The van der Waals surface area contributed by atoms with Gasteiger partial charge in [-0.25, -0.2) is 0 Å². The molecule has 0 spiro atoms. The molecule has 0 radical (unpaired) electrons. The van der Waals surface area contributed by atoms with Crippen LogP contribution in [0.4, 0.5) is 0 Å². The summed E-state index contributed by atoms with van der Waals surface area (Å²) >= 11 is 0. The Hall–Kier alpha value is -0.930. The summed E-state index contributed by atoms with van der Waals surface area (Å²) in [6.07, 6.45) is -12.9. The van der Waals surface area contributed by atoms with E-state index in [2.05, 4.69) is 4.99 Å². The Kier molecular flexibility index (Phi) is 12.4. The SMILES string of the molecule is CCCCC=N[C@H]1[C@H](OC2[C@@H](CO)O[C@@H](O)[C@H](N)[C@H]2O)O[C@H](CO)C(O[C@@H]2O[C@H](CO)[C@@H](O)[C@H](O)[C@H]2N)[C@@H]1O.